The highest BCUT2D eigenvalue weighted by Gasteiger charge is 2.12. The fourth-order valence-electron chi connectivity index (χ4n) is 4.83. The Labute approximate surface area is 214 Å². The number of hydrogen-bond acceptors (Lipinski definition) is 3. The van der Waals surface area contributed by atoms with Gasteiger partial charge in [-0.25, -0.2) is 0 Å². The minimum Gasteiger partial charge on any atom is -0.322 e. The molecule has 5 rings (SSSR count). The quantitative estimate of drug-likeness (QED) is 0.315. The summed E-state index contributed by atoms with van der Waals surface area (Å²) in [7, 11) is 0. The summed E-state index contributed by atoms with van der Waals surface area (Å²) in [5.41, 5.74) is 8.36. The van der Waals surface area contributed by atoms with E-state index >= 15 is 0 Å². The van der Waals surface area contributed by atoms with Crippen molar-refractivity contribution in [3.63, 3.8) is 0 Å². The van der Waals surface area contributed by atoms with Crippen molar-refractivity contribution in [2.24, 2.45) is 0 Å². The molecule has 0 bridgehead atoms. The van der Waals surface area contributed by atoms with Crippen molar-refractivity contribution in [1.29, 1.82) is 0 Å². The van der Waals surface area contributed by atoms with E-state index < -0.39 is 0 Å². The second kappa shape index (κ2) is 11.3. The first-order valence-electron chi connectivity index (χ1n) is 12.9. The summed E-state index contributed by atoms with van der Waals surface area (Å²) in [5.74, 6) is -0.0907. The van der Waals surface area contributed by atoms with E-state index in [0.717, 1.165) is 41.0 Å². The average Bonchev–Trinajstić information content (AvgIpc) is 3.44. The van der Waals surface area contributed by atoms with E-state index in [1.165, 1.54) is 37.1 Å². The number of carbonyl (C=O) groups excluding carboxylic acids is 1. The van der Waals surface area contributed by atoms with Gasteiger partial charge < -0.3 is 10.2 Å². The third-order valence-electron chi connectivity index (χ3n) is 7.03. The molecule has 1 fully saturated rings. The Morgan fingerprint density at radius 3 is 2.44 bits per heavy atom. The summed E-state index contributed by atoms with van der Waals surface area (Å²) in [6.07, 6.45) is 6.23. The van der Waals surface area contributed by atoms with E-state index in [0.29, 0.717) is 12.0 Å². The molecule has 0 saturated carbocycles. The standard InChI is InChI=1S/C32H33N3O/c1-24-9-12-28(21-29(24)23-31-22-27(15-17-33-31)26-7-3-2-4-8-26)32(36)34-30-13-10-25(11-14-30)16-20-35-18-5-6-19-35/h2-4,7-15,17,21-22H,5-6,16,18-20,23H2,1H3,(H,34,36). The number of nitrogens with zero attached hydrogens (tertiary/aromatic N) is 2. The molecular formula is C32H33N3O. The van der Waals surface area contributed by atoms with Crippen LogP contribution in [-0.2, 0) is 12.8 Å². The molecule has 36 heavy (non-hydrogen) atoms. The Bertz CT molecular complexity index is 1310. The van der Waals surface area contributed by atoms with Crippen LogP contribution in [0.2, 0.25) is 0 Å². The number of carbonyl (C=O) groups is 1. The van der Waals surface area contributed by atoms with Crippen molar-refractivity contribution in [1.82, 2.24) is 9.88 Å². The first-order valence-corrected chi connectivity index (χ1v) is 12.9. The van der Waals surface area contributed by atoms with E-state index in [1.807, 2.05) is 60.8 Å². The molecule has 4 nitrogen and oxygen atoms in total. The summed E-state index contributed by atoms with van der Waals surface area (Å²) in [6, 6.07) is 28.7. The summed E-state index contributed by atoms with van der Waals surface area (Å²) >= 11 is 0. The van der Waals surface area contributed by atoms with Gasteiger partial charge in [0.1, 0.15) is 0 Å². The number of anilines is 1. The lowest BCUT2D eigenvalue weighted by atomic mass is 9.98. The van der Waals surface area contributed by atoms with Gasteiger partial charge >= 0.3 is 0 Å². The predicted molar refractivity (Wildman–Crippen MR) is 147 cm³/mol. The van der Waals surface area contributed by atoms with Crippen LogP contribution >= 0.6 is 0 Å². The normalized spacial score (nSPS) is 13.6. The van der Waals surface area contributed by atoms with Crippen LogP contribution in [0.1, 0.15) is 45.6 Å². The van der Waals surface area contributed by atoms with Crippen LogP contribution in [0, 0.1) is 6.92 Å². The van der Waals surface area contributed by atoms with Gasteiger partial charge in [-0.2, -0.15) is 0 Å². The van der Waals surface area contributed by atoms with Crippen molar-refractivity contribution in [2.45, 2.75) is 32.6 Å². The van der Waals surface area contributed by atoms with Gasteiger partial charge in [0, 0.05) is 36.1 Å². The lowest BCUT2D eigenvalue weighted by Gasteiger charge is -2.14. The lowest BCUT2D eigenvalue weighted by Crippen LogP contribution is -2.21. The zero-order valence-electron chi connectivity index (χ0n) is 20.9. The number of amides is 1. The maximum Gasteiger partial charge on any atom is 0.255 e. The number of benzene rings is 3. The lowest BCUT2D eigenvalue weighted by molar-refractivity contribution is 0.102. The molecule has 4 heteroatoms. The van der Waals surface area contributed by atoms with Gasteiger partial charge in [-0.15, -0.1) is 0 Å². The zero-order chi connectivity index (χ0) is 24.7. The molecule has 0 radical (unpaired) electrons. The van der Waals surface area contributed by atoms with E-state index in [2.05, 4.69) is 52.5 Å². The van der Waals surface area contributed by atoms with Crippen LogP contribution in [-0.4, -0.2) is 35.4 Å². The van der Waals surface area contributed by atoms with Gasteiger partial charge in [0.2, 0.25) is 0 Å². The predicted octanol–water partition coefficient (Wildman–Crippen LogP) is 6.54. The fourth-order valence-corrected chi connectivity index (χ4v) is 4.83. The zero-order valence-corrected chi connectivity index (χ0v) is 20.9. The number of rotatable bonds is 8. The van der Waals surface area contributed by atoms with Crippen molar-refractivity contribution >= 4 is 11.6 Å². The second-order valence-electron chi connectivity index (χ2n) is 9.67. The average molecular weight is 476 g/mol. The molecule has 4 aromatic rings. The third-order valence-corrected chi connectivity index (χ3v) is 7.03. The second-order valence-corrected chi connectivity index (χ2v) is 9.67. The minimum atomic E-state index is -0.0907. The van der Waals surface area contributed by atoms with Crippen molar-refractivity contribution < 1.29 is 4.79 Å². The maximum atomic E-state index is 13.0. The van der Waals surface area contributed by atoms with E-state index in [9.17, 15) is 4.79 Å². The van der Waals surface area contributed by atoms with Crippen LogP contribution in [0.3, 0.4) is 0 Å². The molecule has 1 N–H and O–H groups in total. The molecule has 0 atom stereocenters. The number of nitrogens with one attached hydrogen (secondary N) is 1. The third kappa shape index (κ3) is 6.07. The van der Waals surface area contributed by atoms with Gasteiger partial charge in [0.25, 0.3) is 5.91 Å². The molecule has 182 valence electrons. The van der Waals surface area contributed by atoms with Crippen LogP contribution in [0.5, 0.6) is 0 Å². The smallest absolute Gasteiger partial charge is 0.255 e. The summed E-state index contributed by atoms with van der Waals surface area (Å²) in [4.78, 5) is 20.1. The first kappa shape index (κ1) is 24.0. The number of aromatic nitrogens is 1. The first-order chi connectivity index (χ1) is 17.6. The van der Waals surface area contributed by atoms with Crippen molar-refractivity contribution in [3.05, 3.63) is 119 Å². The van der Waals surface area contributed by atoms with Gasteiger partial charge in [0.05, 0.1) is 0 Å². The molecule has 1 saturated heterocycles. The number of likely N-dealkylation sites (tertiary alicyclic amines) is 1. The van der Waals surface area contributed by atoms with Crippen molar-refractivity contribution in [3.8, 4) is 11.1 Å². The highest BCUT2D eigenvalue weighted by atomic mass is 16.1. The Morgan fingerprint density at radius 1 is 0.889 bits per heavy atom. The largest absolute Gasteiger partial charge is 0.322 e. The summed E-state index contributed by atoms with van der Waals surface area (Å²) in [5, 5.41) is 3.06. The number of hydrogen-bond donors (Lipinski definition) is 1. The SMILES string of the molecule is Cc1ccc(C(=O)Nc2ccc(CCN3CCCC3)cc2)cc1Cc1cc(-c2ccccc2)ccn1. The Hall–Kier alpha value is -3.76. The molecule has 1 amide bonds. The molecule has 1 aliphatic heterocycles. The van der Waals surface area contributed by atoms with Gasteiger partial charge in [-0.05, 0) is 103 Å². The monoisotopic (exact) mass is 475 g/mol. The topological polar surface area (TPSA) is 45.2 Å². The van der Waals surface area contributed by atoms with Crippen LogP contribution in [0.25, 0.3) is 11.1 Å². The summed E-state index contributed by atoms with van der Waals surface area (Å²) in [6.45, 7) is 5.64. The molecule has 0 aliphatic carbocycles. The van der Waals surface area contributed by atoms with Gasteiger partial charge in [0.15, 0.2) is 0 Å². The van der Waals surface area contributed by atoms with Crippen LogP contribution in [0.15, 0.2) is 91.1 Å². The van der Waals surface area contributed by atoms with E-state index in [4.69, 9.17) is 0 Å². The van der Waals surface area contributed by atoms with Gasteiger partial charge in [-0.1, -0.05) is 48.5 Å². The number of pyridine rings is 1. The minimum absolute atomic E-state index is 0.0907. The van der Waals surface area contributed by atoms with E-state index in [-0.39, 0.29) is 5.91 Å². The van der Waals surface area contributed by atoms with Crippen LogP contribution in [0.4, 0.5) is 5.69 Å². The Morgan fingerprint density at radius 2 is 1.67 bits per heavy atom. The molecule has 1 aliphatic rings. The molecule has 2 heterocycles. The van der Waals surface area contributed by atoms with Gasteiger partial charge in [-0.3, -0.25) is 9.78 Å². The molecule has 1 aromatic heterocycles. The van der Waals surface area contributed by atoms with Crippen molar-refractivity contribution in [2.75, 3.05) is 25.0 Å². The summed E-state index contributed by atoms with van der Waals surface area (Å²) < 4.78 is 0. The van der Waals surface area contributed by atoms with Crippen LogP contribution < -0.4 is 5.32 Å². The Kier molecular flexibility index (Phi) is 7.53. The molecule has 3 aromatic carbocycles. The van der Waals surface area contributed by atoms with E-state index in [1.54, 1.807) is 0 Å². The number of aryl methyl sites for hydroxylation is 1. The molecular weight excluding hydrogens is 442 g/mol. The maximum absolute atomic E-state index is 13.0. The molecule has 0 spiro atoms. The molecule has 0 unspecified atom stereocenters. The fraction of sp³-hybridized carbons (Fsp3) is 0.250. The highest BCUT2D eigenvalue weighted by Crippen LogP contribution is 2.22. The highest BCUT2D eigenvalue weighted by molar-refractivity contribution is 6.04. The Balaban J connectivity index is 1.24.